The van der Waals surface area contributed by atoms with Gasteiger partial charge in [0, 0.05) is 16.8 Å². The van der Waals surface area contributed by atoms with Crippen LogP contribution in [0.2, 0.25) is 0 Å². The number of nitrogens with zero attached hydrogens (tertiary/aromatic N) is 2. The molecule has 0 aliphatic rings. The summed E-state index contributed by atoms with van der Waals surface area (Å²) >= 11 is 0. The molecule has 0 aliphatic heterocycles. The summed E-state index contributed by atoms with van der Waals surface area (Å²) in [5, 5.41) is 2.79. The summed E-state index contributed by atoms with van der Waals surface area (Å²) in [6, 6.07) is 29.2. The monoisotopic (exact) mass is 547 g/mol. The summed E-state index contributed by atoms with van der Waals surface area (Å²) in [6.45, 7) is 1.79. The molecule has 8 heteroatoms. The smallest absolute Gasteiger partial charge is 0.338 e. The average molecular weight is 548 g/mol. The van der Waals surface area contributed by atoms with Gasteiger partial charge in [0.2, 0.25) is 0 Å². The molecule has 1 heterocycles. The number of para-hydroxylation sites is 1. The number of fused-ring (bicyclic) bond motifs is 1. The maximum atomic E-state index is 13.1. The van der Waals surface area contributed by atoms with Gasteiger partial charge in [0.25, 0.3) is 5.91 Å². The molecular weight excluding hydrogens is 518 g/mol. The van der Waals surface area contributed by atoms with Gasteiger partial charge in [-0.1, -0.05) is 25.1 Å². The molecule has 5 aromatic rings. The van der Waals surface area contributed by atoms with Crippen LogP contribution in [-0.2, 0) is 9.53 Å². The molecule has 0 saturated heterocycles. The lowest BCUT2D eigenvalue weighted by molar-refractivity contribution is -0.124. The van der Waals surface area contributed by atoms with Crippen molar-refractivity contribution in [1.82, 2.24) is 9.97 Å². The second kappa shape index (κ2) is 12.3. The molecule has 0 fully saturated rings. The quantitative estimate of drug-likeness (QED) is 0.209. The van der Waals surface area contributed by atoms with Gasteiger partial charge in [0.15, 0.2) is 6.10 Å². The molecule has 0 bridgehead atoms. The lowest BCUT2D eigenvalue weighted by Gasteiger charge is -2.16. The minimum Gasteiger partial charge on any atom is -0.497 e. The molecule has 0 spiro atoms. The third-order valence-corrected chi connectivity index (χ3v) is 6.58. The van der Waals surface area contributed by atoms with Crippen LogP contribution in [0.4, 0.5) is 5.69 Å². The van der Waals surface area contributed by atoms with Crippen molar-refractivity contribution < 1.29 is 23.8 Å². The largest absolute Gasteiger partial charge is 0.497 e. The predicted molar refractivity (Wildman–Crippen MR) is 158 cm³/mol. The van der Waals surface area contributed by atoms with Gasteiger partial charge in [-0.25, -0.2) is 14.8 Å². The first-order valence-electron chi connectivity index (χ1n) is 13.2. The molecule has 5 rings (SSSR count). The minimum atomic E-state index is -0.947. The number of ether oxygens (including phenoxy) is 3. The van der Waals surface area contributed by atoms with Gasteiger partial charge in [-0.2, -0.15) is 0 Å². The Morgan fingerprint density at radius 3 is 1.83 bits per heavy atom. The maximum absolute atomic E-state index is 13.1. The van der Waals surface area contributed by atoms with Gasteiger partial charge < -0.3 is 19.5 Å². The van der Waals surface area contributed by atoms with Gasteiger partial charge in [0.05, 0.1) is 42.2 Å². The molecule has 0 radical (unpaired) electrons. The zero-order valence-corrected chi connectivity index (χ0v) is 23.0. The Bertz CT molecular complexity index is 1670. The molecule has 1 aromatic heterocycles. The molecule has 41 heavy (non-hydrogen) atoms. The Kier molecular flexibility index (Phi) is 8.20. The van der Waals surface area contributed by atoms with Crippen LogP contribution in [0.5, 0.6) is 11.5 Å². The Morgan fingerprint density at radius 1 is 0.732 bits per heavy atom. The number of anilines is 1. The lowest BCUT2D eigenvalue weighted by Crippen LogP contribution is -2.32. The average Bonchev–Trinajstić information content (AvgIpc) is 3.03. The molecule has 1 amide bonds. The standard InChI is InChI=1S/C33H29N3O5/c1-4-29(32(37)34-24-8-6-5-7-9-24)41-33(38)23-14-19-27-28(20-23)36-31(22-12-17-26(40-3)18-13-22)30(35-27)21-10-15-25(39-2)16-11-21/h5-20,29H,4H2,1-3H3,(H,34,37). The van der Waals surface area contributed by atoms with Crippen LogP contribution in [0.3, 0.4) is 0 Å². The fraction of sp³-hybridized carbons (Fsp3) is 0.152. The van der Waals surface area contributed by atoms with Crippen molar-refractivity contribution >= 4 is 28.6 Å². The number of nitrogens with one attached hydrogen (secondary N) is 1. The van der Waals surface area contributed by atoms with Crippen LogP contribution >= 0.6 is 0 Å². The summed E-state index contributed by atoms with van der Waals surface area (Å²) < 4.78 is 16.2. The van der Waals surface area contributed by atoms with E-state index >= 15 is 0 Å². The molecule has 1 N–H and O–H groups in total. The third kappa shape index (κ3) is 6.17. The van der Waals surface area contributed by atoms with Gasteiger partial charge in [-0.3, -0.25) is 4.79 Å². The second-order valence-electron chi connectivity index (χ2n) is 9.24. The molecule has 4 aromatic carbocycles. The van der Waals surface area contributed by atoms with Gasteiger partial charge in [0.1, 0.15) is 11.5 Å². The highest BCUT2D eigenvalue weighted by Crippen LogP contribution is 2.33. The SMILES string of the molecule is CCC(OC(=O)c1ccc2nc(-c3ccc(OC)cc3)c(-c3ccc(OC)cc3)nc2c1)C(=O)Nc1ccccc1. The Balaban J connectivity index is 1.48. The van der Waals surface area contributed by atoms with Crippen molar-refractivity contribution in [3.8, 4) is 34.0 Å². The van der Waals surface area contributed by atoms with E-state index in [0.29, 0.717) is 34.5 Å². The number of benzene rings is 4. The number of methoxy groups -OCH3 is 2. The number of carbonyl (C=O) groups excluding carboxylic acids is 2. The van der Waals surface area contributed by atoms with E-state index in [1.54, 1.807) is 51.5 Å². The van der Waals surface area contributed by atoms with Crippen LogP contribution in [0, 0.1) is 0 Å². The van der Waals surface area contributed by atoms with E-state index in [4.69, 9.17) is 24.2 Å². The fourth-order valence-corrected chi connectivity index (χ4v) is 4.35. The second-order valence-corrected chi connectivity index (χ2v) is 9.24. The van der Waals surface area contributed by atoms with Crippen molar-refractivity contribution in [1.29, 1.82) is 0 Å². The summed E-state index contributed by atoms with van der Waals surface area (Å²) in [5.74, 6) is 0.451. The highest BCUT2D eigenvalue weighted by molar-refractivity contribution is 5.99. The number of hydrogen-bond acceptors (Lipinski definition) is 7. The Labute approximate surface area is 237 Å². The number of carbonyl (C=O) groups is 2. The van der Waals surface area contributed by atoms with Crippen LogP contribution < -0.4 is 14.8 Å². The molecule has 8 nitrogen and oxygen atoms in total. The summed E-state index contributed by atoms with van der Waals surface area (Å²) in [5.41, 5.74) is 5.06. The summed E-state index contributed by atoms with van der Waals surface area (Å²) in [6.07, 6.45) is -0.623. The normalized spacial score (nSPS) is 11.5. The Hall–Kier alpha value is -5.24. The van der Waals surface area contributed by atoms with E-state index in [1.807, 2.05) is 66.7 Å². The van der Waals surface area contributed by atoms with Crippen molar-refractivity contribution in [3.63, 3.8) is 0 Å². The van der Waals surface area contributed by atoms with E-state index in [9.17, 15) is 9.59 Å². The van der Waals surface area contributed by atoms with Crippen LogP contribution in [0.15, 0.2) is 97.1 Å². The van der Waals surface area contributed by atoms with Gasteiger partial charge in [-0.05, 0) is 85.3 Å². The zero-order valence-electron chi connectivity index (χ0n) is 23.0. The summed E-state index contributed by atoms with van der Waals surface area (Å²) in [7, 11) is 3.23. The number of esters is 1. The molecule has 206 valence electrons. The number of rotatable bonds is 9. The van der Waals surface area contributed by atoms with E-state index in [1.165, 1.54) is 0 Å². The van der Waals surface area contributed by atoms with Gasteiger partial charge >= 0.3 is 5.97 Å². The van der Waals surface area contributed by atoms with E-state index < -0.39 is 18.0 Å². The maximum Gasteiger partial charge on any atom is 0.338 e. The van der Waals surface area contributed by atoms with Crippen LogP contribution in [0.25, 0.3) is 33.5 Å². The highest BCUT2D eigenvalue weighted by atomic mass is 16.5. The van der Waals surface area contributed by atoms with Crippen molar-refractivity contribution in [2.75, 3.05) is 19.5 Å². The van der Waals surface area contributed by atoms with Crippen molar-refractivity contribution in [3.05, 3.63) is 103 Å². The minimum absolute atomic E-state index is 0.274. The first-order valence-corrected chi connectivity index (χ1v) is 13.2. The first kappa shape index (κ1) is 27.3. The third-order valence-electron chi connectivity index (χ3n) is 6.58. The van der Waals surface area contributed by atoms with Gasteiger partial charge in [-0.15, -0.1) is 0 Å². The van der Waals surface area contributed by atoms with Crippen molar-refractivity contribution in [2.45, 2.75) is 19.4 Å². The van der Waals surface area contributed by atoms with E-state index in [-0.39, 0.29) is 5.56 Å². The number of aromatic nitrogens is 2. The number of hydrogen-bond donors (Lipinski definition) is 1. The predicted octanol–water partition coefficient (Wildman–Crippen LogP) is 6.56. The zero-order chi connectivity index (χ0) is 28.8. The number of amides is 1. The van der Waals surface area contributed by atoms with E-state index in [0.717, 1.165) is 22.6 Å². The molecule has 0 saturated carbocycles. The van der Waals surface area contributed by atoms with Crippen LogP contribution in [0.1, 0.15) is 23.7 Å². The summed E-state index contributed by atoms with van der Waals surface area (Å²) in [4.78, 5) is 35.7. The first-order chi connectivity index (χ1) is 20.0. The topological polar surface area (TPSA) is 99.6 Å². The van der Waals surface area contributed by atoms with Crippen molar-refractivity contribution in [2.24, 2.45) is 0 Å². The molecule has 1 unspecified atom stereocenters. The van der Waals surface area contributed by atoms with Crippen LogP contribution in [-0.4, -0.2) is 42.2 Å². The molecule has 0 aliphatic carbocycles. The van der Waals surface area contributed by atoms with E-state index in [2.05, 4.69) is 5.32 Å². The fourth-order valence-electron chi connectivity index (χ4n) is 4.35. The Morgan fingerprint density at radius 2 is 1.29 bits per heavy atom. The highest BCUT2D eigenvalue weighted by Gasteiger charge is 2.23. The molecule has 1 atom stereocenters. The molecular formula is C33H29N3O5. The lowest BCUT2D eigenvalue weighted by atomic mass is 10.0.